The number of hydroxylamine groups is 1. The van der Waals surface area contributed by atoms with Crippen LogP contribution in [0.25, 0.3) is 0 Å². The zero-order chi connectivity index (χ0) is 41.7. The zero-order valence-corrected chi connectivity index (χ0v) is 33.8. The number of benzene rings is 1. The monoisotopic (exact) mass is 779 g/mol. The van der Waals surface area contributed by atoms with Crippen LogP contribution in [0.3, 0.4) is 0 Å². The van der Waals surface area contributed by atoms with Crippen LogP contribution in [0.1, 0.15) is 73.3 Å². The van der Waals surface area contributed by atoms with Gasteiger partial charge in [0.2, 0.25) is 0 Å². The van der Waals surface area contributed by atoms with Crippen molar-refractivity contribution >= 4 is 29.4 Å². The molecule has 0 heterocycles. The number of hydrogen-bond acceptors (Lipinski definition) is 10. The van der Waals surface area contributed by atoms with E-state index < -0.39 is 36.0 Å². The van der Waals surface area contributed by atoms with Gasteiger partial charge in [-0.1, -0.05) is 99.1 Å². The Kier molecular flexibility index (Phi) is 20.8. The van der Waals surface area contributed by atoms with Crippen molar-refractivity contribution in [1.29, 1.82) is 0 Å². The van der Waals surface area contributed by atoms with Gasteiger partial charge < -0.3 is 36.2 Å². The van der Waals surface area contributed by atoms with Gasteiger partial charge in [-0.3, -0.25) is 19.2 Å². The molecule has 0 fully saturated rings. The lowest BCUT2D eigenvalue weighted by atomic mass is 9.72. The summed E-state index contributed by atoms with van der Waals surface area (Å²) in [6, 6.07) is 7.47. The second kappa shape index (κ2) is 24.6. The summed E-state index contributed by atoms with van der Waals surface area (Å²) < 4.78 is 5.47. The van der Waals surface area contributed by atoms with Crippen LogP contribution in [0.15, 0.2) is 94.2 Å². The van der Waals surface area contributed by atoms with Crippen LogP contribution in [0.2, 0.25) is 0 Å². The van der Waals surface area contributed by atoms with Crippen LogP contribution < -0.4 is 21.8 Å². The summed E-state index contributed by atoms with van der Waals surface area (Å²) in [7, 11) is 0. The maximum atomic E-state index is 12.8. The summed E-state index contributed by atoms with van der Waals surface area (Å²) in [6.07, 6.45) is 11.3. The minimum atomic E-state index is -1.50. The third kappa shape index (κ3) is 18.2. The molecule has 2 rings (SSSR count). The Morgan fingerprint density at radius 3 is 2.41 bits per heavy atom. The van der Waals surface area contributed by atoms with Gasteiger partial charge in [-0.2, -0.15) is 0 Å². The van der Waals surface area contributed by atoms with Crippen LogP contribution >= 0.6 is 0 Å². The molecule has 14 nitrogen and oxygen atoms in total. The van der Waals surface area contributed by atoms with Gasteiger partial charge in [0.25, 0.3) is 17.7 Å². The first-order chi connectivity index (χ1) is 26.5. The number of nitrogens with one attached hydrogen (secondary N) is 3. The number of rotatable bonds is 23. The van der Waals surface area contributed by atoms with Crippen molar-refractivity contribution in [1.82, 2.24) is 16.1 Å². The van der Waals surface area contributed by atoms with Crippen LogP contribution in [-0.2, 0) is 40.0 Å². The SMILES string of the molecule is CC1=C(/C=C/C(C)=C/C=C/C(C)=C/C(=O)O)C(C)(C)CC/C1=N\OCC(=O)NCCOCCONC(=O)[C@H](CC(C)C)NC(=O)[C@@H](O)[C@H](N)Cc1ccccc1. The molecule has 3 atom stereocenters. The first kappa shape index (κ1) is 47.3. The topological polar surface area (TPSA) is 211 Å². The van der Waals surface area contributed by atoms with Gasteiger partial charge in [0.05, 0.1) is 25.5 Å². The quantitative estimate of drug-likeness (QED) is 0.0403. The predicted molar refractivity (Wildman–Crippen MR) is 216 cm³/mol. The predicted octanol–water partition coefficient (Wildman–Crippen LogP) is 4.23. The summed E-state index contributed by atoms with van der Waals surface area (Å²) in [5.41, 5.74) is 13.7. The zero-order valence-electron chi connectivity index (χ0n) is 33.8. The van der Waals surface area contributed by atoms with E-state index >= 15 is 0 Å². The highest BCUT2D eigenvalue weighted by Crippen LogP contribution is 2.40. The maximum absolute atomic E-state index is 12.8. The summed E-state index contributed by atoms with van der Waals surface area (Å²) in [4.78, 5) is 59.3. The summed E-state index contributed by atoms with van der Waals surface area (Å²) in [6.45, 7) is 14.2. The number of carbonyl (C=O) groups excluding carboxylic acids is 3. The van der Waals surface area contributed by atoms with Crippen LogP contribution in [0.4, 0.5) is 0 Å². The Hall–Kier alpha value is -4.89. The molecule has 3 amide bonds. The van der Waals surface area contributed by atoms with Gasteiger partial charge >= 0.3 is 5.97 Å². The number of nitrogens with zero attached hydrogens (tertiary/aromatic N) is 1. The molecule has 7 N–H and O–H groups in total. The fourth-order valence-electron chi connectivity index (χ4n) is 5.78. The van der Waals surface area contributed by atoms with Gasteiger partial charge in [0.1, 0.15) is 12.1 Å². The van der Waals surface area contributed by atoms with Crippen molar-refractivity contribution in [2.45, 2.75) is 92.3 Å². The molecule has 14 heteroatoms. The van der Waals surface area contributed by atoms with Gasteiger partial charge in [-0.15, -0.1) is 0 Å². The average molecular weight is 780 g/mol. The highest BCUT2D eigenvalue weighted by atomic mass is 16.7. The highest BCUT2D eigenvalue weighted by molar-refractivity contribution is 6.01. The van der Waals surface area contributed by atoms with Crippen molar-refractivity contribution in [3.05, 3.63) is 94.6 Å². The van der Waals surface area contributed by atoms with Crippen molar-refractivity contribution in [2.75, 3.05) is 33.0 Å². The Morgan fingerprint density at radius 1 is 1.02 bits per heavy atom. The van der Waals surface area contributed by atoms with E-state index in [4.69, 9.17) is 25.3 Å². The van der Waals surface area contributed by atoms with Crippen LogP contribution in [-0.4, -0.2) is 90.8 Å². The normalized spacial score (nSPS) is 17.3. The van der Waals surface area contributed by atoms with Crippen LogP contribution in [0, 0.1) is 11.3 Å². The molecular formula is C42H61N5O9. The number of amides is 3. The molecule has 0 aromatic heterocycles. The lowest BCUT2D eigenvalue weighted by molar-refractivity contribution is -0.142. The molecule has 1 aromatic rings. The van der Waals surface area contributed by atoms with Gasteiger partial charge in [-0.25, -0.2) is 10.3 Å². The molecule has 56 heavy (non-hydrogen) atoms. The van der Waals surface area contributed by atoms with E-state index in [9.17, 15) is 24.3 Å². The number of hydrogen-bond donors (Lipinski definition) is 6. The number of aliphatic hydroxyl groups is 1. The van der Waals surface area contributed by atoms with E-state index in [1.165, 1.54) is 0 Å². The standard InChI is InChI=1S/C42H61N5O9/c1-28(2)24-36(45-41(53)39(51)34(43)26-32-14-9-8-10-15-32)40(52)47-55-23-22-54-21-20-44-37(48)27-56-46-35-18-19-42(6,7)33(31(35)5)17-16-29(3)12-11-13-30(4)25-38(49)50/h8-17,25,28,34,36,39,51H,18-24,26-27,43H2,1-7H3,(H,44,48)(H,45,53)(H,47,52)(H,49,50)/b13-11+,17-16+,29-12+,30-25+,46-35+/t34-,36+,39+/m1/s1. The molecule has 0 spiro atoms. The lowest BCUT2D eigenvalue weighted by Gasteiger charge is -2.33. The number of nitrogens with two attached hydrogens (primary N) is 1. The first-order valence-corrected chi connectivity index (χ1v) is 18.9. The highest BCUT2D eigenvalue weighted by Gasteiger charge is 2.31. The molecule has 0 saturated carbocycles. The van der Waals surface area contributed by atoms with E-state index in [1.807, 2.05) is 76.3 Å². The van der Waals surface area contributed by atoms with E-state index in [0.29, 0.717) is 24.8 Å². The second-order valence-electron chi connectivity index (χ2n) is 14.8. The molecule has 0 bridgehead atoms. The van der Waals surface area contributed by atoms with E-state index in [1.54, 1.807) is 13.0 Å². The number of aliphatic hydroxyl groups excluding tert-OH is 1. The Bertz CT molecular complexity index is 1640. The number of allylic oxidation sites excluding steroid dienone is 9. The van der Waals surface area contributed by atoms with Gasteiger partial charge in [0, 0.05) is 18.7 Å². The number of oxime groups is 1. The first-order valence-electron chi connectivity index (χ1n) is 18.9. The number of carboxylic acids is 1. The second-order valence-corrected chi connectivity index (χ2v) is 14.8. The summed E-state index contributed by atoms with van der Waals surface area (Å²) in [5, 5.41) is 28.9. The fourth-order valence-corrected chi connectivity index (χ4v) is 5.78. The van der Waals surface area contributed by atoms with E-state index in [-0.39, 0.29) is 50.2 Å². The molecule has 308 valence electrons. The van der Waals surface area contributed by atoms with Crippen molar-refractivity contribution in [2.24, 2.45) is 22.2 Å². The van der Waals surface area contributed by atoms with E-state index in [0.717, 1.165) is 40.5 Å². The number of carboxylic acid groups (broad SMARTS) is 1. The average Bonchev–Trinajstić information content (AvgIpc) is 3.12. The minimum Gasteiger partial charge on any atom is -0.478 e. The summed E-state index contributed by atoms with van der Waals surface area (Å²) >= 11 is 0. The third-order valence-corrected chi connectivity index (χ3v) is 8.91. The Morgan fingerprint density at radius 2 is 1.73 bits per heavy atom. The number of aliphatic carboxylic acids is 1. The molecule has 1 aliphatic rings. The van der Waals surface area contributed by atoms with Crippen molar-refractivity contribution < 1.29 is 43.8 Å². The molecule has 1 aliphatic carbocycles. The fraction of sp³-hybridized carbons (Fsp3) is 0.500. The molecule has 0 radical (unpaired) electrons. The van der Waals surface area contributed by atoms with E-state index in [2.05, 4.69) is 41.2 Å². The smallest absolute Gasteiger partial charge is 0.328 e. The lowest BCUT2D eigenvalue weighted by Crippen LogP contribution is -2.54. The summed E-state index contributed by atoms with van der Waals surface area (Å²) in [5.74, 6) is -2.58. The van der Waals surface area contributed by atoms with Crippen LogP contribution in [0.5, 0.6) is 0 Å². The molecular weight excluding hydrogens is 718 g/mol. The van der Waals surface area contributed by atoms with Crippen molar-refractivity contribution in [3.8, 4) is 0 Å². The number of ether oxygens (including phenoxy) is 1. The molecule has 0 unspecified atom stereocenters. The maximum Gasteiger partial charge on any atom is 0.328 e. The largest absolute Gasteiger partial charge is 0.478 e. The third-order valence-electron chi connectivity index (χ3n) is 8.91. The molecule has 1 aromatic carbocycles. The van der Waals surface area contributed by atoms with Gasteiger partial charge in [0.15, 0.2) is 6.61 Å². The Balaban J connectivity index is 1.73. The minimum absolute atomic E-state index is 0.0207. The van der Waals surface area contributed by atoms with Crippen molar-refractivity contribution in [3.63, 3.8) is 0 Å². The number of carbonyl (C=O) groups is 4. The Labute approximate surface area is 330 Å². The van der Waals surface area contributed by atoms with Gasteiger partial charge in [-0.05, 0) is 80.1 Å². The molecule has 0 saturated heterocycles. The molecule has 0 aliphatic heterocycles.